The summed E-state index contributed by atoms with van der Waals surface area (Å²) in [6.45, 7) is 1.71. The van der Waals surface area contributed by atoms with Gasteiger partial charge in [-0.3, -0.25) is 0 Å². The van der Waals surface area contributed by atoms with Gasteiger partial charge in [-0.05, 0) is 12.3 Å². The normalized spacial score (nSPS) is 25.7. The van der Waals surface area contributed by atoms with Crippen LogP contribution in [0.1, 0.15) is 19.8 Å². The van der Waals surface area contributed by atoms with Gasteiger partial charge in [-0.2, -0.15) is 26.2 Å². The van der Waals surface area contributed by atoms with E-state index in [9.17, 15) is 26.0 Å². The lowest BCUT2D eigenvalue weighted by atomic mass is 9.57. The molecule has 1 aliphatic rings. The second-order valence-electron chi connectivity index (χ2n) is 5.47. The van der Waals surface area contributed by atoms with Crippen molar-refractivity contribution in [2.24, 2.45) is 22.0 Å². The van der Waals surface area contributed by atoms with E-state index in [2.05, 4.69) is 5.29 Å². The second-order valence-corrected chi connectivity index (χ2v) is 5.47. The van der Waals surface area contributed by atoms with Crippen molar-refractivity contribution in [3.8, 4) is 24.3 Å². The van der Waals surface area contributed by atoms with E-state index in [0.717, 1.165) is 5.12 Å². The van der Waals surface area contributed by atoms with Gasteiger partial charge in [0, 0.05) is 20.5 Å². The van der Waals surface area contributed by atoms with Gasteiger partial charge in [-0.1, -0.05) is 6.92 Å². The number of nitriles is 4. The van der Waals surface area contributed by atoms with Crippen LogP contribution in [0.5, 0.6) is 0 Å². The molecule has 0 aromatic heterocycles. The first-order valence-corrected chi connectivity index (χ1v) is 6.31. The van der Waals surface area contributed by atoms with Gasteiger partial charge in [0.15, 0.2) is 5.41 Å². The van der Waals surface area contributed by atoms with Crippen molar-refractivity contribution < 1.29 is 0 Å². The van der Waals surface area contributed by atoms with E-state index < -0.39 is 22.8 Å². The maximum Gasteiger partial charge on any atom is 0.169 e. The van der Waals surface area contributed by atoms with Crippen LogP contribution in [0.4, 0.5) is 0 Å². The van der Waals surface area contributed by atoms with Crippen LogP contribution in [-0.2, 0) is 0 Å². The highest BCUT2D eigenvalue weighted by atomic mass is 16.3. The lowest BCUT2D eigenvalue weighted by Gasteiger charge is -2.46. The van der Waals surface area contributed by atoms with Crippen LogP contribution < -0.4 is 0 Å². The molecule has 8 heteroatoms. The highest BCUT2D eigenvalue weighted by molar-refractivity contribution is 5.30. The van der Waals surface area contributed by atoms with Gasteiger partial charge in [-0.25, -0.2) is 5.01 Å². The Morgan fingerprint density at radius 2 is 1.52 bits per heavy atom. The van der Waals surface area contributed by atoms with E-state index in [-0.39, 0.29) is 12.8 Å². The van der Waals surface area contributed by atoms with Crippen LogP contribution in [-0.4, -0.2) is 30.3 Å². The molecule has 21 heavy (non-hydrogen) atoms. The van der Waals surface area contributed by atoms with Gasteiger partial charge in [0.2, 0.25) is 0 Å². The minimum absolute atomic E-state index is 0.173. The topological polar surface area (TPSA) is 131 Å². The summed E-state index contributed by atoms with van der Waals surface area (Å²) in [5.41, 5.74) is -3.06. The fraction of sp³-hybridized carbons (Fsp3) is 0.692. The monoisotopic (exact) mass is 285 g/mol. The van der Waals surface area contributed by atoms with Crippen molar-refractivity contribution in [2.45, 2.75) is 25.8 Å². The number of nitroso groups, excluding NO2 is 1. The third-order valence-electron chi connectivity index (χ3n) is 4.11. The molecule has 1 saturated carbocycles. The molecule has 1 rings (SSSR count). The van der Waals surface area contributed by atoms with Crippen LogP contribution >= 0.6 is 0 Å². The van der Waals surface area contributed by atoms with Crippen molar-refractivity contribution in [1.29, 1.82) is 21.0 Å². The van der Waals surface area contributed by atoms with Gasteiger partial charge in [0.1, 0.15) is 11.5 Å². The molecule has 0 heterocycles. The van der Waals surface area contributed by atoms with Crippen molar-refractivity contribution in [1.82, 2.24) is 10.1 Å². The number of rotatable bonds is 3. The van der Waals surface area contributed by atoms with Gasteiger partial charge < -0.3 is 0 Å². The summed E-state index contributed by atoms with van der Waals surface area (Å²) < 4.78 is 0. The summed E-state index contributed by atoms with van der Waals surface area (Å²) in [7, 11) is 3.14. The quantitative estimate of drug-likeness (QED) is 0.564. The number of nitrogens with zero attached hydrogens (tertiary/aromatic N) is 7. The van der Waals surface area contributed by atoms with Crippen molar-refractivity contribution in [3.05, 3.63) is 4.91 Å². The summed E-state index contributed by atoms with van der Waals surface area (Å²) in [6.07, 6.45) is -0.0577. The maximum atomic E-state index is 11.1. The number of hydrogen-bond acceptors (Lipinski definition) is 7. The smallest absolute Gasteiger partial charge is 0.169 e. The molecule has 0 saturated heterocycles. The molecule has 2 atom stereocenters. The van der Waals surface area contributed by atoms with E-state index in [0.29, 0.717) is 0 Å². The number of hydrogen-bond donors (Lipinski definition) is 0. The third kappa shape index (κ3) is 2.38. The first kappa shape index (κ1) is 16.4. The summed E-state index contributed by atoms with van der Waals surface area (Å²) in [4.78, 5) is 11.1. The molecule has 0 spiro atoms. The average Bonchev–Trinajstić information content (AvgIpc) is 2.49. The Kier molecular flexibility index (Phi) is 4.48. The minimum atomic E-state index is -1.64. The third-order valence-corrected chi connectivity index (χ3v) is 4.11. The van der Waals surface area contributed by atoms with E-state index in [1.807, 2.05) is 24.3 Å². The molecule has 0 radical (unpaired) electrons. The van der Waals surface area contributed by atoms with E-state index in [1.165, 1.54) is 5.01 Å². The van der Waals surface area contributed by atoms with Crippen LogP contribution in [0.2, 0.25) is 0 Å². The molecule has 0 aliphatic heterocycles. The minimum Gasteiger partial charge on any atom is -0.208 e. The lowest BCUT2D eigenvalue weighted by Crippen LogP contribution is -2.56. The molecular weight excluding hydrogens is 270 g/mol. The molecular formula is C13H15N7O. The first-order chi connectivity index (χ1) is 9.86. The molecule has 0 bridgehead atoms. The Morgan fingerprint density at radius 1 is 1.05 bits per heavy atom. The van der Waals surface area contributed by atoms with E-state index >= 15 is 0 Å². The molecule has 108 valence electrons. The Balaban J connectivity index is 3.41. The van der Waals surface area contributed by atoms with Gasteiger partial charge in [0.05, 0.1) is 29.6 Å². The Labute approximate surface area is 123 Å². The molecule has 0 unspecified atom stereocenters. The van der Waals surface area contributed by atoms with Gasteiger partial charge in [0.25, 0.3) is 0 Å². The predicted molar refractivity (Wildman–Crippen MR) is 70.8 cm³/mol. The van der Waals surface area contributed by atoms with Crippen LogP contribution in [0.25, 0.3) is 0 Å². The zero-order valence-corrected chi connectivity index (χ0v) is 12.1. The van der Waals surface area contributed by atoms with Crippen molar-refractivity contribution in [2.75, 3.05) is 14.1 Å². The molecule has 0 aromatic carbocycles. The average molecular weight is 285 g/mol. The molecule has 1 aliphatic carbocycles. The summed E-state index contributed by atoms with van der Waals surface area (Å²) >= 11 is 0. The summed E-state index contributed by atoms with van der Waals surface area (Å²) in [5, 5.41) is 42.9. The fourth-order valence-electron chi connectivity index (χ4n) is 2.75. The summed E-state index contributed by atoms with van der Waals surface area (Å²) in [5.74, 6) is -0.392. The Hall–Kier alpha value is -2.68. The predicted octanol–water partition coefficient (Wildman–Crippen LogP) is 1.31. The number of hydrazine groups is 1. The SMILES string of the molecule is C[C@@H]1C[C@H](N(N=O)N(C)C)C(C#N)(C#N)CC1(C#N)C#N. The highest BCUT2D eigenvalue weighted by Gasteiger charge is 2.58. The standard InChI is InChI=1S/C13H15N7O/c1-10-4-11(20(18-21)19(2)3)13(8-16,9-17)5-12(10,6-14)7-15/h10-11H,4-5H2,1-3H3/t10-,11+/m1/s1. The molecule has 0 amide bonds. The second kappa shape index (κ2) is 5.75. The van der Waals surface area contributed by atoms with Crippen molar-refractivity contribution in [3.63, 3.8) is 0 Å². The first-order valence-electron chi connectivity index (χ1n) is 6.31. The van der Waals surface area contributed by atoms with Crippen LogP contribution in [0.3, 0.4) is 0 Å². The van der Waals surface area contributed by atoms with Gasteiger partial charge in [-0.15, -0.1) is 4.91 Å². The van der Waals surface area contributed by atoms with E-state index in [1.54, 1.807) is 21.0 Å². The molecule has 0 N–H and O–H groups in total. The fourth-order valence-corrected chi connectivity index (χ4v) is 2.75. The largest absolute Gasteiger partial charge is 0.208 e. The summed E-state index contributed by atoms with van der Waals surface area (Å²) in [6, 6.07) is 6.88. The van der Waals surface area contributed by atoms with Crippen molar-refractivity contribution >= 4 is 0 Å². The van der Waals surface area contributed by atoms with Crippen LogP contribution in [0.15, 0.2) is 5.29 Å². The molecule has 1 fully saturated rings. The van der Waals surface area contributed by atoms with Crippen LogP contribution in [0, 0.1) is 67.0 Å². The molecule has 8 nitrogen and oxygen atoms in total. The zero-order chi connectivity index (χ0) is 16.3. The Bertz CT molecular complexity index is 558. The molecule has 0 aromatic rings. The lowest BCUT2D eigenvalue weighted by molar-refractivity contribution is -0.0802. The van der Waals surface area contributed by atoms with E-state index in [4.69, 9.17) is 0 Å². The van der Waals surface area contributed by atoms with Gasteiger partial charge >= 0.3 is 0 Å². The Morgan fingerprint density at radius 3 is 1.86 bits per heavy atom. The highest BCUT2D eigenvalue weighted by Crippen LogP contribution is 2.50. The maximum absolute atomic E-state index is 11.1. The zero-order valence-electron chi connectivity index (χ0n) is 12.1.